The summed E-state index contributed by atoms with van der Waals surface area (Å²) in [6, 6.07) is 12.0. The fraction of sp³-hybridized carbons (Fsp3) is 0.400. The summed E-state index contributed by atoms with van der Waals surface area (Å²) < 4.78 is 11.5. The molecule has 2 N–H and O–H groups in total. The quantitative estimate of drug-likeness (QED) is 0.321. The average Bonchev–Trinajstić information content (AvgIpc) is 3.22. The van der Waals surface area contributed by atoms with E-state index in [1.54, 1.807) is 13.4 Å². The Balaban J connectivity index is 1.06. The Labute approximate surface area is 228 Å². The maximum absolute atomic E-state index is 13.0. The van der Waals surface area contributed by atoms with Crippen LogP contribution in [0.1, 0.15) is 48.3 Å². The molecule has 6 rings (SSSR count). The third-order valence-corrected chi connectivity index (χ3v) is 7.98. The number of nitrogens with one attached hydrogen (secondary N) is 2. The Bertz CT molecular complexity index is 1510. The Morgan fingerprint density at radius 2 is 1.87 bits per heavy atom. The maximum Gasteiger partial charge on any atom is 0.322 e. The molecule has 0 bridgehead atoms. The van der Waals surface area contributed by atoms with E-state index in [4.69, 9.17) is 9.47 Å². The van der Waals surface area contributed by atoms with Gasteiger partial charge in [0.05, 0.1) is 18.1 Å². The summed E-state index contributed by atoms with van der Waals surface area (Å²) >= 11 is 0. The second-order valence-corrected chi connectivity index (χ2v) is 10.7. The first-order valence-electron chi connectivity index (χ1n) is 13.7. The SMILES string of the molecule is COc1ccc2c(c1)CCN(C1CCC(Cc3cc(Oc4cc(C)c5nc(C)[nH]c5c4)ncn3)CC1)C(=O)N2. The number of amides is 2. The summed E-state index contributed by atoms with van der Waals surface area (Å²) in [6.07, 6.45) is 7.39. The molecule has 0 saturated heterocycles. The number of aromatic nitrogens is 4. The van der Waals surface area contributed by atoms with Crippen molar-refractivity contribution in [1.29, 1.82) is 0 Å². The van der Waals surface area contributed by atoms with Gasteiger partial charge in [-0.15, -0.1) is 0 Å². The minimum Gasteiger partial charge on any atom is -0.497 e. The van der Waals surface area contributed by atoms with E-state index in [2.05, 4.69) is 25.3 Å². The van der Waals surface area contributed by atoms with Crippen LogP contribution in [0, 0.1) is 19.8 Å². The van der Waals surface area contributed by atoms with Crippen LogP contribution < -0.4 is 14.8 Å². The fourth-order valence-electron chi connectivity index (χ4n) is 5.96. The minimum atomic E-state index is -0.00123. The molecule has 0 radical (unpaired) electrons. The van der Waals surface area contributed by atoms with Crippen LogP contribution in [0.15, 0.2) is 42.7 Å². The summed E-state index contributed by atoms with van der Waals surface area (Å²) in [4.78, 5) is 31.7. The molecule has 1 aliphatic heterocycles. The van der Waals surface area contributed by atoms with E-state index in [0.29, 0.717) is 11.8 Å². The minimum absolute atomic E-state index is 0.00123. The number of benzene rings is 2. The molecule has 0 atom stereocenters. The third-order valence-electron chi connectivity index (χ3n) is 7.98. The van der Waals surface area contributed by atoms with Crippen LogP contribution in [0.25, 0.3) is 11.0 Å². The number of carbonyl (C=O) groups is 1. The first-order valence-corrected chi connectivity index (χ1v) is 13.7. The Kier molecular flexibility index (Phi) is 6.81. The molecule has 2 amide bonds. The van der Waals surface area contributed by atoms with Gasteiger partial charge in [-0.05, 0) is 93.7 Å². The van der Waals surface area contributed by atoms with Gasteiger partial charge >= 0.3 is 6.03 Å². The molecular weight excluding hydrogens is 492 g/mol. The molecule has 202 valence electrons. The Hall–Kier alpha value is -4.14. The lowest BCUT2D eigenvalue weighted by atomic mass is 9.82. The van der Waals surface area contributed by atoms with Crippen molar-refractivity contribution in [3.8, 4) is 17.4 Å². The summed E-state index contributed by atoms with van der Waals surface area (Å²) in [5.74, 6) is 3.49. The van der Waals surface area contributed by atoms with Gasteiger partial charge in [0.15, 0.2) is 0 Å². The van der Waals surface area contributed by atoms with Gasteiger partial charge in [0.25, 0.3) is 0 Å². The first kappa shape index (κ1) is 25.2. The van der Waals surface area contributed by atoms with Crippen LogP contribution in [0.2, 0.25) is 0 Å². The van der Waals surface area contributed by atoms with Crippen molar-refractivity contribution in [3.05, 3.63) is 65.4 Å². The predicted molar refractivity (Wildman–Crippen MR) is 150 cm³/mol. The van der Waals surface area contributed by atoms with Gasteiger partial charge in [0.2, 0.25) is 5.88 Å². The highest BCUT2D eigenvalue weighted by Crippen LogP contribution is 2.33. The van der Waals surface area contributed by atoms with E-state index in [0.717, 1.165) is 95.9 Å². The van der Waals surface area contributed by atoms with Gasteiger partial charge in [-0.25, -0.2) is 19.7 Å². The van der Waals surface area contributed by atoms with E-state index in [1.165, 1.54) is 0 Å². The monoisotopic (exact) mass is 526 g/mol. The van der Waals surface area contributed by atoms with Crippen LogP contribution in [0.3, 0.4) is 0 Å². The number of urea groups is 1. The molecule has 1 saturated carbocycles. The molecular formula is C30H34N6O3. The van der Waals surface area contributed by atoms with Crippen LogP contribution >= 0.6 is 0 Å². The maximum atomic E-state index is 13.0. The molecule has 0 spiro atoms. The highest BCUT2D eigenvalue weighted by Gasteiger charge is 2.31. The van der Waals surface area contributed by atoms with Gasteiger partial charge in [-0.1, -0.05) is 0 Å². The zero-order valence-corrected chi connectivity index (χ0v) is 22.7. The number of H-pyrrole nitrogens is 1. The number of aryl methyl sites for hydroxylation is 2. The van der Waals surface area contributed by atoms with Crippen LogP contribution in [0.5, 0.6) is 17.4 Å². The molecule has 9 nitrogen and oxygen atoms in total. The van der Waals surface area contributed by atoms with E-state index in [9.17, 15) is 4.79 Å². The zero-order chi connectivity index (χ0) is 26.9. The lowest BCUT2D eigenvalue weighted by molar-refractivity contribution is 0.155. The van der Waals surface area contributed by atoms with E-state index in [1.807, 2.05) is 55.1 Å². The van der Waals surface area contributed by atoms with Gasteiger partial charge in [-0.2, -0.15) is 0 Å². The third kappa shape index (κ3) is 5.39. The first-order chi connectivity index (χ1) is 18.9. The summed E-state index contributed by atoms with van der Waals surface area (Å²) in [6.45, 7) is 4.70. The van der Waals surface area contributed by atoms with Crippen molar-refractivity contribution in [2.75, 3.05) is 19.0 Å². The lowest BCUT2D eigenvalue weighted by Crippen LogP contribution is -2.44. The number of carbonyl (C=O) groups excluding carboxylic acids is 1. The molecule has 4 aromatic rings. The van der Waals surface area contributed by atoms with E-state index >= 15 is 0 Å². The van der Waals surface area contributed by atoms with E-state index in [-0.39, 0.29) is 12.1 Å². The Morgan fingerprint density at radius 1 is 1.03 bits per heavy atom. The van der Waals surface area contributed by atoms with Crippen LogP contribution in [-0.4, -0.2) is 50.6 Å². The second kappa shape index (κ2) is 10.6. The lowest BCUT2D eigenvalue weighted by Gasteiger charge is -2.36. The number of hydrogen-bond acceptors (Lipinski definition) is 6. The smallest absolute Gasteiger partial charge is 0.322 e. The molecule has 39 heavy (non-hydrogen) atoms. The zero-order valence-electron chi connectivity index (χ0n) is 22.7. The van der Waals surface area contributed by atoms with Crippen LogP contribution in [0.4, 0.5) is 10.5 Å². The van der Waals surface area contributed by atoms with Gasteiger partial charge in [-0.3, -0.25) is 0 Å². The number of rotatable bonds is 6. The summed E-state index contributed by atoms with van der Waals surface area (Å²) in [5.41, 5.74) is 5.95. The van der Waals surface area contributed by atoms with E-state index < -0.39 is 0 Å². The van der Waals surface area contributed by atoms with Crippen molar-refractivity contribution in [3.63, 3.8) is 0 Å². The number of imidazole rings is 1. The molecule has 2 aliphatic rings. The molecule has 2 aromatic carbocycles. The van der Waals surface area contributed by atoms with Gasteiger partial charge in [0.1, 0.15) is 23.7 Å². The standard InChI is InChI=1S/C30H34N6O3/c1-18-12-25(16-27-29(18)34-19(2)33-27)39-28-15-22(31-17-32-28)13-20-4-6-23(7-5-20)36-11-10-21-14-24(38-3)8-9-26(21)35-30(36)37/h8-9,12,14-17,20,23H,4-7,10-11,13H2,1-3H3,(H,33,34)(H,35,37). The van der Waals surface area contributed by atoms with Crippen molar-refractivity contribution >= 4 is 22.8 Å². The summed E-state index contributed by atoms with van der Waals surface area (Å²) in [7, 11) is 1.67. The van der Waals surface area contributed by atoms with Crippen molar-refractivity contribution in [2.24, 2.45) is 5.92 Å². The number of ether oxygens (including phenoxy) is 2. The molecule has 2 aromatic heterocycles. The molecule has 1 aliphatic carbocycles. The van der Waals surface area contributed by atoms with Crippen molar-refractivity contribution < 1.29 is 14.3 Å². The number of aromatic amines is 1. The molecule has 1 fully saturated rings. The van der Waals surface area contributed by atoms with Crippen LogP contribution in [-0.2, 0) is 12.8 Å². The molecule has 9 heteroatoms. The highest BCUT2D eigenvalue weighted by atomic mass is 16.5. The predicted octanol–water partition coefficient (Wildman–Crippen LogP) is 5.96. The topological polar surface area (TPSA) is 105 Å². The second-order valence-electron chi connectivity index (χ2n) is 10.7. The van der Waals surface area contributed by atoms with Crippen molar-refractivity contribution in [1.82, 2.24) is 24.8 Å². The normalized spacial score (nSPS) is 19.4. The number of fused-ring (bicyclic) bond motifs is 2. The molecule has 0 unspecified atom stereocenters. The number of methoxy groups -OCH3 is 1. The van der Waals surface area contributed by atoms with Crippen molar-refractivity contribution in [2.45, 2.75) is 58.4 Å². The van der Waals surface area contributed by atoms with Gasteiger partial charge < -0.3 is 24.7 Å². The Morgan fingerprint density at radius 3 is 2.69 bits per heavy atom. The highest BCUT2D eigenvalue weighted by molar-refractivity contribution is 5.91. The number of nitrogens with zero attached hydrogens (tertiary/aromatic N) is 4. The average molecular weight is 527 g/mol. The number of anilines is 1. The largest absolute Gasteiger partial charge is 0.497 e. The van der Waals surface area contributed by atoms with Gasteiger partial charge in [0, 0.05) is 36.1 Å². The summed E-state index contributed by atoms with van der Waals surface area (Å²) in [5, 5.41) is 3.11. The molecule has 3 heterocycles. The fourth-order valence-corrected chi connectivity index (χ4v) is 5.96. The number of hydrogen-bond donors (Lipinski definition) is 2.